The summed E-state index contributed by atoms with van der Waals surface area (Å²) in [6.45, 7) is 0. The minimum atomic E-state index is -0.0425. The number of nitrogens with one attached hydrogen (secondary N) is 1. The smallest absolute Gasteiger partial charge is 0.140 e. The Balaban J connectivity index is 3.04. The van der Waals surface area contributed by atoms with Crippen LogP contribution in [0.2, 0.25) is 0 Å². The van der Waals surface area contributed by atoms with Gasteiger partial charge < -0.3 is 10.8 Å². The zero-order valence-electron chi connectivity index (χ0n) is 5.20. The first-order chi connectivity index (χ1) is 4.74. The molecule has 0 aromatic heterocycles. The lowest BCUT2D eigenvalue weighted by Crippen LogP contribution is -1.90. The van der Waals surface area contributed by atoms with Crippen molar-refractivity contribution >= 4 is 11.4 Å². The second kappa shape index (κ2) is 2.45. The van der Waals surface area contributed by atoms with Gasteiger partial charge in [-0.3, -0.25) is 10.7 Å². The maximum absolute atomic E-state index is 8.96. The molecule has 0 saturated carbocycles. The first-order valence-electron chi connectivity index (χ1n) is 2.72. The topological polar surface area (TPSA) is 78.5 Å². The monoisotopic (exact) mass is 140 g/mol. The van der Waals surface area contributed by atoms with Crippen molar-refractivity contribution in [2.45, 2.75) is 0 Å². The van der Waals surface area contributed by atoms with Crippen LogP contribution in [0.25, 0.3) is 0 Å². The van der Waals surface area contributed by atoms with Crippen LogP contribution in [0.5, 0.6) is 5.75 Å². The fraction of sp³-hybridized carbons (Fsp3) is 0. The number of benzene rings is 1. The van der Waals surface area contributed by atoms with Gasteiger partial charge in [0.1, 0.15) is 5.75 Å². The van der Waals surface area contributed by atoms with Gasteiger partial charge in [0.2, 0.25) is 0 Å². The summed E-state index contributed by atoms with van der Waals surface area (Å²) < 4.78 is 0. The third-order valence-electron chi connectivity index (χ3n) is 1.16. The van der Waals surface area contributed by atoms with Crippen LogP contribution in [0.4, 0.5) is 11.4 Å². The second-order valence-electron chi connectivity index (χ2n) is 1.89. The largest absolute Gasteiger partial charge is 0.506 e. The number of aromatic hydroxyl groups is 1. The van der Waals surface area contributed by atoms with Crippen LogP contribution in [0.15, 0.2) is 18.2 Å². The van der Waals surface area contributed by atoms with E-state index < -0.39 is 0 Å². The molecule has 54 valence electrons. The Morgan fingerprint density at radius 2 is 2.10 bits per heavy atom. The van der Waals surface area contributed by atoms with Crippen molar-refractivity contribution in [3.05, 3.63) is 18.2 Å². The zero-order valence-corrected chi connectivity index (χ0v) is 5.20. The molecule has 0 radical (unpaired) electrons. The molecule has 0 aliphatic rings. The van der Waals surface area contributed by atoms with E-state index in [4.69, 9.17) is 16.0 Å². The van der Waals surface area contributed by atoms with Gasteiger partial charge in [-0.2, -0.15) is 0 Å². The second-order valence-corrected chi connectivity index (χ2v) is 1.89. The van der Waals surface area contributed by atoms with Gasteiger partial charge >= 0.3 is 0 Å². The summed E-state index contributed by atoms with van der Waals surface area (Å²) in [6.07, 6.45) is 0. The summed E-state index contributed by atoms with van der Waals surface area (Å²) in [5.74, 6) is -0.0425. The van der Waals surface area contributed by atoms with Crippen LogP contribution in [-0.2, 0) is 0 Å². The summed E-state index contributed by atoms with van der Waals surface area (Å²) in [4.78, 5) is 0. The maximum Gasteiger partial charge on any atom is 0.140 e. The van der Waals surface area contributed by atoms with Crippen molar-refractivity contribution in [1.82, 2.24) is 0 Å². The average Bonchev–Trinajstić information content (AvgIpc) is 1.95. The van der Waals surface area contributed by atoms with E-state index in [1.807, 2.05) is 5.48 Å². The molecule has 4 heteroatoms. The van der Waals surface area contributed by atoms with Crippen LogP contribution in [0, 0.1) is 0 Å². The molecule has 0 unspecified atom stereocenters. The van der Waals surface area contributed by atoms with Crippen molar-refractivity contribution in [2.24, 2.45) is 0 Å². The van der Waals surface area contributed by atoms with E-state index in [1.54, 1.807) is 6.07 Å². The number of anilines is 2. The van der Waals surface area contributed by atoms with Gasteiger partial charge in [0, 0.05) is 6.07 Å². The lowest BCUT2D eigenvalue weighted by atomic mass is 10.3. The first kappa shape index (κ1) is 6.70. The molecule has 0 fully saturated rings. The molecular weight excluding hydrogens is 132 g/mol. The van der Waals surface area contributed by atoms with E-state index in [0.29, 0.717) is 11.4 Å². The number of hydrogen-bond donors (Lipinski definition) is 4. The number of rotatable bonds is 1. The molecule has 4 nitrogen and oxygen atoms in total. The number of nitrogen functional groups attached to an aromatic ring is 1. The summed E-state index contributed by atoms with van der Waals surface area (Å²) in [5, 5.41) is 17.3. The van der Waals surface area contributed by atoms with Crippen LogP contribution in [-0.4, -0.2) is 10.3 Å². The summed E-state index contributed by atoms with van der Waals surface area (Å²) in [7, 11) is 0. The highest BCUT2D eigenvalue weighted by atomic mass is 16.5. The molecule has 0 aliphatic heterocycles. The Morgan fingerprint density at radius 3 is 2.60 bits per heavy atom. The predicted octanol–water partition coefficient (Wildman–Crippen LogP) is 0.775. The molecular formula is C6H8N2O2. The van der Waals surface area contributed by atoms with E-state index in [1.165, 1.54) is 12.1 Å². The van der Waals surface area contributed by atoms with Gasteiger partial charge in [0.25, 0.3) is 0 Å². The zero-order chi connectivity index (χ0) is 7.56. The molecule has 1 aromatic carbocycles. The Labute approximate surface area is 57.9 Å². The Morgan fingerprint density at radius 1 is 1.40 bits per heavy atom. The molecule has 10 heavy (non-hydrogen) atoms. The highest BCUT2D eigenvalue weighted by molar-refractivity contribution is 5.59. The van der Waals surface area contributed by atoms with Crippen LogP contribution >= 0.6 is 0 Å². The van der Waals surface area contributed by atoms with Gasteiger partial charge in [-0.25, -0.2) is 0 Å². The molecule has 0 spiro atoms. The van der Waals surface area contributed by atoms with Crippen molar-refractivity contribution in [3.8, 4) is 5.75 Å². The minimum Gasteiger partial charge on any atom is -0.506 e. The highest BCUT2D eigenvalue weighted by Crippen LogP contribution is 2.22. The number of phenols is 1. The van der Waals surface area contributed by atoms with Crippen molar-refractivity contribution in [2.75, 3.05) is 11.2 Å². The number of hydrogen-bond acceptors (Lipinski definition) is 4. The Hall–Kier alpha value is -1.42. The highest BCUT2D eigenvalue weighted by Gasteiger charge is 1.95. The summed E-state index contributed by atoms with van der Waals surface area (Å²) in [5.41, 5.74) is 7.86. The summed E-state index contributed by atoms with van der Waals surface area (Å²) >= 11 is 0. The van der Waals surface area contributed by atoms with Crippen molar-refractivity contribution in [1.29, 1.82) is 0 Å². The fourth-order valence-electron chi connectivity index (χ4n) is 0.613. The molecule has 5 N–H and O–H groups in total. The van der Waals surface area contributed by atoms with Gasteiger partial charge in [-0.15, -0.1) is 0 Å². The maximum atomic E-state index is 8.96. The molecule has 0 heterocycles. The lowest BCUT2D eigenvalue weighted by Gasteiger charge is -2.00. The SMILES string of the molecule is Nc1ccc(NO)cc1O. The standard InChI is InChI=1S/C6H8N2O2/c7-5-2-1-4(8-10)3-6(5)9/h1-3,8-10H,7H2. The van der Waals surface area contributed by atoms with Crippen molar-refractivity contribution < 1.29 is 10.3 Å². The third-order valence-corrected chi connectivity index (χ3v) is 1.16. The molecule has 1 rings (SSSR count). The quantitative estimate of drug-likeness (QED) is 0.264. The van der Waals surface area contributed by atoms with E-state index in [2.05, 4.69) is 0 Å². The Bertz CT molecular complexity index is 237. The number of phenolic OH excluding ortho intramolecular Hbond substituents is 1. The molecule has 0 amide bonds. The molecule has 0 atom stereocenters. The van der Waals surface area contributed by atoms with Crippen molar-refractivity contribution in [3.63, 3.8) is 0 Å². The molecule has 1 aromatic rings. The van der Waals surface area contributed by atoms with Gasteiger partial charge in [-0.1, -0.05) is 0 Å². The van der Waals surface area contributed by atoms with Crippen LogP contribution in [0.1, 0.15) is 0 Å². The normalized spacial score (nSPS) is 9.30. The van der Waals surface area contributed by atoms with E-state index in [0.717, 1.165) is 0 Å². The van der Waals surface area contributed by atoms with Crippen LogP contribution in [0.3, 0.4) is 0 Å². The Kier molecular flexibility index (Phi) is 1.64. The fourth-order valence-corrected chi connectivity index (χ4v) is 0.613. The average molecular weight is 140 g/mol. The van der Waals surface area contributed by atoms with E-state index in [-0.39, 0.29) is 5.75 Å². The van der Waals surface area contributed by atoms with Gasteiger partial charge in [0.05, 0.1) is 11.4 Å². The van der Waals surface area contributed by atoms with Crippen LogP contribution < -0.4 is 11.2 Å². The van der Waals surface area contributed by atoms with Gasteiger partial charge in [0.15, 0.2) is 0 Å². The summed E-state index contributed by atoms with van der Waals surface area (Å²) in [6, 6.07) is 4.37. The molecule has 0 bridgehead atoms. The minimum absolute atomic E-state index is 0.0425. The third kappa shape index (κ3) is 1.11. The molecule has 0 aliphatic carbocycles. The lowest BCUT2D eigenvalue weighted by molar-refractivity contribution is 0.388. The first-order valence-corrected chi connectivity index (χ1v) is 2.72. The molecule has 0 saturated heterocycles. The van der Waals surface area contributed by atoms with E-state index in [9.17, 15) is 0 Å². The van der Waals surface area contributed by atoms with E-state index >= 15 is 0 Å². The predicted molar refractivity (Wildman–Crippen MR) is 37.9 cm³/mol. The number of nitrogens with two attached hydrogens (primary N) is 1. The van der Waals surface area contributed by atoms with Gasteiger partial charge in [-0.05, 0) is 12.1 Å².